The van der Waals surface area contributed by atoms with Gasteiger partial charge in [-0.25, -0.2) is 4.98 Å². The molecule has 0 aliphatic heterocycles. The van der Waals surface area contributed by atoms with Crippen molar-refractivity contribution in [1.29, 1.82) is 0 Å². The molecule has 0 spiro atoms. The van der Waals surface area contributed by atoms with Crippen LogP contribution in [0.25, 0.3) is 11.3 Å². The number of aromatic nitrogens is 1. The van der Waals surface area contributed by atoms with Gasteiger partial charge in [0.25, 0.3) is 0 Å². The smallest absolute Gasteiger partial charge is 0.226 e. The Labute approximate surface area is 173 Å². The van der Waals surface area contributed by atoms with Crippen molar-refractivity contribution in [3.05, 3.63) is 53.9 Å². The Kier molecular flexibility index (Phi) is 7.33. The SMILES string of the molecule is CCOc1ccc(-c2csc(NC(=O)CCSc3ccc(OC)cc3)n2)cc1. The second kappa shape index (κ2) is 10.1. The van der Waals surface area contributed by atoms with E-state index in [-0.39, 0.29) is 5.91 Å². The summed E-state index contributed by atoms with van der Waals surface area (Å²) in [6, 6.07) is 15.6. The van der Waals surface area contributed by atoms with Gasteiger partial charge in [-0.05, 0) is 55.5 Å². The summed E-state index contributed by atoms with van der Waals surface area (Å²) < 4.78 is 10.6. The van der Waals surface area contributed by atoms with E-state index in [0.717, 1.165) is 27.7 Å². The summed E-state index contributed by atoms with van der Waals surface area (Å²) in [5.74, 6) is 2.34. The van der Waals surface area contributed by atoms with Gasteiger partial charge in [0.2, 0.25) is 5.91 Å². The molecule has 0 fully saturated rings. The first kappa shape index (κ1) is 20.2. The highest BCUT2D eigenvalue weighted by molar-refractivity contribution is 7.99. The molecular formula is C21H22N2O3S2. The van der Waals surface area contributed by atoms with Crippen molar-refractivity contribution in [2.45, 2.75) is 18.2 Å². The molecule has 2 aromatic carbocycles. The fraction of sp³-hybridized carbons (Fsp3) is 0.238. The van der Waals surface area contributed by atoms with Crippen LogP contribution in [0.3, 0.4) is 0 Å². The third-order valence-corrected chi connectivity index (χ3v) is 5.64. The third-order valence-electron chi connectivity index (χ3n) is 3.87. The largest absolute Gasteiger partial charge is 0.497 e. The minimum atomic E-state index is -0.0337. The van der Waals surface area contributed by atoms with Crippen molar-refractivity contribution in [2.75, 3.05) is 24.8 Å². The Morgan fingerprint density at radius 2 is 1.82 bits per heavy atom. The number of hydrogen-bond acceptors (Lipinski definition) is 6. The predicted molar refractivity (Wildman–Crippen MR) is 116 cm³/mol. The minimum absolute atomic E-state index is 0.0337. The second-order valence-electron chi connectivity index (χ2n) is 5.82. The number of amides is 1. The molecule has 0 radical (unpaired) electrons. The lowest BCUT2D eigenvalue weighted by atomic mass is 10.2. The number of thiazole rings is 1. The minimum Gasteiger partial charge on any atom is -0.497 e. The number of methoxy groups -OCH3 is 1. The summed E-state index contributed by atoms with van der Waals surface area (Å²) in [5.41, 5.74) is 1.84. The molecule has 0 bridgehead atoms. The van der Waals surface area contributed by atoms with E-state index in [4.69, 9.17) is 9.47 Å². The van der Waals surface area contributed by atoms with E-state index in [0.29, 0.717) is 23.9 Å². The Morgan fingerprint density at radius 1 is 1.11 bits per heavy atom. The zero-order valence-electron chi connectivity index (χ0n) is 15.8. The predicted octanol–water partition coefficient (Wildman–Crippen LogP) is 5.34. The maximum atomic E-state index is 12.2. The molecule has 0 unspecified atom stereocenters. The topological polar surface area (TPSA) is 60.5 Å². The van der Waals surface area contributed by atoms with Gasteiger partial charge in [-0.3, -0.25) is 4.79 Å². The van der Waals surface area contributed by atoms with Gasteiger partial charge in [0.15, 0.2) is 5.13 Å². The fourth-order valence-electron chi connectivity index (χ4n) is 2.47. The first-order chi connectivity index (χ1) is 13.7. The van der Waals surface area contributed by atoms with E-state index in [1.54, 1.807) is 18.9 Å². The molecule has 28 heavy (non-hydrogen) atoms. The van der Waals surface area contributed by atoms with Crippen LogP contribution >= 0.6 is 23.1 Å². The van der Waals surface area contributed by atoms with Crippen molar-refractivity contribution in [2.24, 2.45) is 0 Å². The number of carbonyl (C=O) groups is 1. The van der Waals surface area contributed by atoms with Crippen molar-refractivity contribution >= 4 is 34.1 Å². The summed E-state index contributed by atoms with van der Waals surface area (Å²) >= 11 is 3.07. The van der Waals surface area contributed by atoms with Crippen LogP contribution in [0.2, 0.25) is 0 Å². The molecule has 1 amide bonds. The zero-order chi connectivity index (χ0) is 19.8. The van der Waals surface area contributed by atoms with E-state index in [1.165, 1.54) is 11.3 Å². The molecule has 0 saturated heterocycles. The molecule has 0 saturated carbocycles. The molecule has 0 atom stereocenters. The maximum Gasteiger partial charge on any atom is 0.226 e. The molecule has 7 heteroatoms. The van der Waals surface area contributed by atoms with E-state index in [9.17, 15) is 4.79 Å². The number of hydrogen-bond donors (Lipinski definition) is 1. The number of nitrogens with one attached hydrogen (secondary N) is 1. The maximum absolute atomic E-state index is 12.2. The number of rotatable bonds is 9. The molecular weight excluding hydrogens is 392 g/mol. The van der Waals surface area contributed by atoms with Crippen LogP contribution in [0.5, 0.6) is 11.5 Å². The quantitative estimate of drug-likeness (QED) is 0.479. The van der Waals surface area contributed by atoms with Crippen molar-refractivity contribution in [3.63, 3.8) is 0 Å². The molecule has 1 aromatic heterocycles. The third kappa shape index (κ3) is 5.74. The lowest BCUT2D eigenvalue weighted by Crippen LogP contribution is -2.11. The summed E-state index contributed by atoms with van der Waals surface area (Å²) in [6.07, 6.45) is 0.425. The van der Waals surface area contributed by atoms with Crippen LogP contribution in [-0.4, -0.2) is 30.4 Å². The summed E-state index contributed by atoms with van der Waals surface area (Å²) in [4.78, 5) is 17.8. The number of nitrogens with zero attached hydrogens (tertiary/aromatic N) is 1. The molecule has 0 aliphatic rings. The van der Waals surface area contributed by atoms with E-state index in [1.807, 2.05) is 60.8 Å². The number of anilines is 1. The monoisotopic (exact) mass is 414 g/mol. The molecule has 1 N–H and O–H groups in total. The van der Waals surface area contributed by atoms with Gasteiger partial charge in [-0.2, -0.15) is 0 Å². The number of benzene rings is 2. The number of ether oxygens (including phenoxy) is 2. The Morgan fingerprint density at radius 3 is 2.50 bits per heavy atom. The van der Waals surface area contributed by atoms with Gasteiger partial charge < -0.3 is 14.8 Å². The molecule has 0 aliphatic carbocycles. The van der Waals surface area contributed by atoms with Crippen LogP contribution in [0.15, 0.2) is 58.8 Å². The van der Waals surface area contributed by atoms with E-state index >= 15 is 0 Å². The Bertz CT molecular complexity index is 893. The fourth-order valence-corrected chi connectivity index (χ4v) is 4.06. The average Bonchev–Trinajstić information content (AvgIpc) is 3.18. The van der Waals surface area contributed by atoms with Crippen LogP contribution in [0, 0.1) is 0 Å². The van der Waals surface area contributed by atoms with Crippen LogP contribution in [0.4, 0.5) is 5.13 Å². The van der Waals surface area contributed by atoms with Gasteiger partial charge in [-0.15, -0.1) is 23.1 Å². The molecule has 3 rings (SSSR count). The summed E-state index contributed by atoms with van der Waals surface area (Å²) in [6.45, 7) is 2.60. The number of thioether (sulfide) groups is 1. The van der Waals surface area contributed by atoms with Crippen molar-refractivity contribution < 1.29 is 14.3 Å². The second-order valence-corrected chi connectivity index (χ2v) is 7.84. The normalized spacial score (nSPS) is 10.5. The highest BCUT2D eigenvalue weighted by Crippen LogP contribution is 2.27. The standard InChI is InChI=1S/C21H22N2O3S2/c1-3-26-17-6-4-15(5-7-17)19-14-28-21(22-19)23-20(24)12-13-27-18-10-8-16(25-2)9-11-18/h4-11,14H,3,12-13H2,1-2H3,(H,22,23,24). The lowest BCUT2D eigenvalue weighted by Gasteiger charge is -2.04. The zero-order valence-corrected chi connectivity index (χ0v) is 17.4. The van der Waals surface area contributed by atoms with Crippen LogP contribution in [0.1, 0.15) is 13.3 Å². The van der Waals surface area contributed by atoms with Gasteiger partial charge >= 0.3 is 0 Å². The van der Waals surface area contributed by atoms with Crippen molar-refractivity contribution in [3.8, 4) is 22.8 Å². The molecule has 1 heterocycles. The summed E-state index contributed by atoms with van der Waals surface area (Å²) in [5, 5.41) is 5.43. The Hall–Kier alpha value is -2.51. The first-order valence-electron chi connectivity index (χ1n) is 8.93. The van der Waals surface area contributed by atoms with Crippen LogP contribution < -0.4 is 14.8 Å². The Balaban J connectivity index is 1.47. The van der Waals surface area contributed by atoms with Crippen molar-refractivity contribution in [1.82, 2.24) is 4.98 Å². The first-order valence-corrected chi connectivity index (χ1v) is 10.8. The van der Waals surface area contributed by atoms with E-state index in [2.05, 4.69) is 10.3 Å². The van der Waals surface area contributed by atoms with E-state index < -0.39 is 0 Å². The molecule has 5 nitrogen and oxygen atoms in total. The van der Waals surface area contributed by atoms with Gasteiger partial charge in [0.05, 0.1) is 19.4 Å². The molecule has 3 aromatic rings. The molecule has 146 valence electrons. The summed E-state index contributed by atoms with van der Waals surface area (Å²) in [7, 11) is 1.65. The van der Waals surface area contributed by atoms with Gasteiger partial charge in [-0.1, -0.05) is 0 Å². The highest BCUT2D eigenvalue weighted by atomic mass is 32.2. The van der Waals surface area contributed by atoms with Gasteiger partial charge in [0.1, 0.15) is 11.5 Å². The number of carbonyl (C=O) groups excluding carboxylic acids is 1. The highest BCUT2D eigenvalue weighted by Gasteiger charge is 2.09. The van der Waals surface area contributed by atoms with Crippen LogP contribution in [-0.2, 0) is 4.79 Å². The van der Waals surface area contributed by atoms with Gasteiger partial charge in [0, 0.05) is 28.0 Å². The lowest BCUT2D eigenvalue weighted by molar-refractivity contribution is -0.115. The average molecular weight is 415 g/mol.